The van der Waals surface area contributed by atoms with Crippen LogP contribution in [-0.4, -0.2) is 91.9 Å². The van der Waals surface area contributed by atoms with Crippen LogP contribution < -0.4 is 15.6 Å². The third-order valence-corrected chi connectivity index (χ3v) is 7.17. The van der Waals surface area contributed by atoms with Crippen molar-refractivity contribution in [3.63, 3.8) is 0 Å². The first-order valence-electron chi connectivity index (χ1n) is 13.7. The summed E-state index contributed by atoms with van der Waals surface area (Å²) in [6, 6.07) is 3.86. The van der Waals surface area contributed by atoms with Gasteiger partial charge in [0, 0.05) is 31.6 Å². The Hall–Kier alpha value is -4.64. The lowest BCUT2D eigenvalue weighted by Crippen LogP contribution is -2.27. The van der Waals surface area contributed by atoms with Crippen molar-refractivity contribution in [3.8, 4) is 11.4 Å². The molecule has 6 rings (SSSR count). The van der Waals surface area contributed by atoms with Gasteiger partial charge in [-0.3, -0.25) is 14.4 Å². The van der Waals surface area contributed by atoms with Gasteiger partial charge in [-0.05, 0) is 42.8 Å². The summed E-state index contributed by atoms with van der Waals surface area (Å²) in [5.41, 5.74) is 0.156. The zero-order chi connectivity index (χ0) is 31.9. The minimum Gasteiger partial charge on any atom is -0.406 e. The molecule has 0 amide bonds. The van der Waals surface area contributed by atoms with Gasteiger partial charge in [-0.2, -0.15) is 18.2 Å². The van der Waals surface area contributed by atoms with Crippen molar-refractivity contribution in [2.24, 2.45) is 9.98 Å². The number of aromatic nitrogens is 4. The number of amidine groups is 1. The number of ether oxygens (including phenoxy) is 1. The lowest BCUT2D eigenvalue weighted by Gasteiger charge is -2.16. The maximum atomic E-state index is 13.9. The van der Waals surface area contributed by atoms with Gasteiger partial charge in [0.1, 0.15) is 35.4 Å². The van der Waals surface area contributed by atoms with E-state index >= 15 is 0 Å². The molecule has 3 aliphatic rings. The van der Waals surface area contributed by atoms with Crippen molar-refractivity contribution in [2.75, 3.05) is 31.5 Å². The Morgan fingerprint density at radius 1 is 1.07 bits per heavy atom. The number of alkyl halides is 6. The van der Waals surface area contributed by atoms with Crippen LogP contribution in [0.15, 0.2) is 63.5 Å². The van der Waals surface area contributed by atoms with Crippen molar-refractivity contribution in [1.82, 2.24) is 24.4 Å². The Morgan fingerprint density at radius 2 is 1.84 bits per heavy atom. The van der Waals surface area contributed by atoms with Crippen LogP contribution in [-0.2, 0) is 0 Å². The topological polar surface area (TPSA) is 130 Å². The quantitative estimate of drug-likeness (QED) is 0.359. The molecule has 0 saturated carbocycles. The summed E-state index contributed by atoms with van der Waals surface area (Å²) >= 11 is 0. The van der Waals surface area contributed by atoms with Gasteiger partial charge < -0.3 is 20.1 Å². The Balaban J connectivity index is 1.36. The highest BCUT2D eigenvalue weighted by Gasteiger charge is 2.31. The van der Waals surface area contributed by atoms with Crippen molar-refractivity contribution in [2.45, 2.75) is 37.5 Å². The summed E-state index contributed by atoms with van der Waals surface area (Å²) in [5, 5.41) is 11.8. The number of halogens is 6. The van der Waals surface area contributed by atoms with Crippen LogP contribution in [0.3, 0.4) is 0 Å². The second-order valence-corrected chi connectivity index (χ2v) is 10.5. The molecule has 2 aliphatic heterocycles. The van der Waals surface area contributed by atoms with Crippen LogP contribution in [0.5, 0.6) is 5.75 Å². The molecule has 1 aromatic carbocycles. The molecule has 1 fully saturated rings. The minimum atomic E-state index is -4.94. The molecule has 45 heavy (non-hydrogen) atoms. The number of nitrogens with one attached hydrogen (secondary N) is 1. The highest BCUT2D eigenvalue weighted by molar-refractivity contribution is 6.15. The van der Waals surface area contributed by atoms with Gasteiger partial charge in [0.2, 0.25) is 5.95 Å². The summed E-state index contributed by atoms with van der Waals surface area (Å²) in [6.45, 7) is 0.630. The van der Waals surface area contributed by atoms with Gasteiger partial charge in [-0.1, -0.05) is 6.08 Å². The number of anilines is 1. The average Bonchev–Trinajstić information content (AvgIpc) is 3.59. The fourth-order valence-corrected chi connectivity index (χ4v) is 5.15. The average molecular weight is 635 g/mol. The van der Waals surface area contributed by atoms with E-state index in [0.29, 0.717) is 36.6 Å². The third-order valence-electron chi connectivity index (χ3n) is 7.17. The zero-order valence-corrected chi connectivity index (χ0v) is 23.2. The number of likely N-dealkylation sites (tertiary alicyclic amines) is 1. The van der Waals surface area contributed by atoms with E-state index in [9.17, 15) is 36.2 Å². The fraction of sp³-hybridized carbons (Fsp3) is 0.357. The number of hydrogen-bond donors (Lipinski definition) is 2. The first kappa shape index (κ1) is 30.4. The second-order valence-electron chi connectivity index (χ2n) is 10.5. The van der Waals surface area contributed by atoms with E-state index in [1.54, 1.807) is 18.2 Å². The monoisotopic (exact) mass is 634 g/mol. The molecule has 4 heterocycles. The van der Waals surface area contributed by atoms with Gasteiger partial charge >= 0.3 is 12.5 Å². The number of hydrogen-bond acceptors (Lipinski definition) is 10. The molecule has 1 aliphatic carbocycles. The molecule has 2 aromatic heterocycles. The number of fused-ring (bicyclic) bond motifs is 2. The molecule has 0 radical (unpaired) electrons. The number of aliphatic hydroxyl groups excluding tert-OH is 1. The molecule has 11 nitrogen and oxygen atoms in total. The van der Waals surface area contributed by atoms with E-state index in [-0.39, 0.29) is 28.6 Å². The van der Waals surface area contributed by atoms with Crippen LogP contribution in [0.1, 0.15) is 18.5 Å². The molecule has 0 bridgehead atoms. The number of rotatable bonds is 8. The van der Waals surface area contributed by atoms with Crippen LogP contribution in [0.2, 0.25) is 0 Å². The molecular formula is C28H24F6N8O3. The van der Waals surface area contributed by atoms with Crippen LogP contribution in [0, 0.1) is 0 Å². The zero-order valence-electron chi connectivity index (χ0n) is 23.2. The van der Waals surface area contributed by atoms with E-state index in [2.05, 4.69) is 34.6 Å². The number of benzene rings is 1. The van der Waals surface area contributed by atoms with Crippen molar-refractivity contribution in [1.29, 1.82) is 0 Å². The highest BCUT2D eigenvalue weighted by atomic mass is 19.4. The predicted molar refractivity (Wildman–Crippen MR) is 152 cm³/mol. The Bertz CT molecular complexity index is 1800. The Labute approximate surface area is 250 Å². The SMILES string of the molecule is O=c1c(C2=CC3N=C(CCN4CCC(O)C4)N=C3C=C2)nc2cnc(NCC(F)(F)F)nc2n1-c1ccc(OC(F)(F)F)cc1. The summed E-state index contributed by atoms with van der Waals surface area (Å²) in [4.78, 5) is 37.7. The molecule has 236 valence electrons. The lowest BCUT2D eigenvalue weighted by molar-refractivity contribution is -0.274. The molecule has 17 heteroatoms. The first-order valence-corrected chi connectivity index (χ1v) is 13.7. The minimum absolute atomic E-state index is 0.0370. The molecule has 1 saturated heterocycles. The highest BCUT2D eigenvalue weighted by Crippen LogP contribution is 2.27. The lowest BCUT2D eigenvalue weighted by atomic mass is 9.99. The maximum absolute atomic E-state index is 13.9. The summed E-state index contributed by atoms with van der Waals surface area (Å²) in [7, 11) is 0. The largest absolute Gasteiger partial charge is 0.573 e. The van der Waals surface area contributed by atoms with E-state index in [1.165, 1.54) is 12.1 Å². The van der Waals surface area contributed by atoms with Crippen LogP contribution >= 0.6 is 0 Å². The van der Waals surface area contributed by atoms with Crippen LogP contribution in [0.4, 0.5) is 32.3 Å². The summed E-state index contributed by atoms with van der Waals surface area (Å²) in [6.07, 6.45) is -2.39. The smallest absolute Gasteiger partial charge is 0.406 e. The van der Waals surface area contributed by atoms with Gasteiger partial charge in [0.15, 0.2) is 5.65 Å². The van der Waals surface area contributed by atoms with Crippen molar-refractivity contribution >= 4 is 34.2 Å². The predicted octanol–water partition coefficient (Wildman–Crippen LogP) is 3.68. The van der Waals surface area contributed by atoms with Gasteiger partial charge in [0.25, 0.3) is 5.56 Å². The fourth-order valence-electron chi connectivity index (χ4n) is 5.15. The third kappa shape index (κ3) is 7.04. The van der Waals surface area contributed by atoms with Gasteiger partial charge in [0.05, 0.1) is 23.7 Å². The molecule has 0 spiro atoms. The molecule has 2 N–H and O–H groups in total. The summed E-state index contributed by atoms with van der Waals surface area (Å²) in [5.74, 6) is -0.357. The number of nitrogens with zero attached hydrogens (tertiary/aromatic N) is 7. The molecule has 2 unspecified atom stereocenters. The number of aliphatic hydroxyl groups is 1. The first-order chi connectivity index (χ1) is 21.3. The van der Waals surface area contributed by atoms with E-state index in [4.69, 9.17) is 0 Å². The van der Waals surface area contributed by atoms with Gasteiger partial charge in [-0.15, -0.1) is 13.2 Å². The second kappa shape index (κ2) is 11.7. The van der Waals surface area contributed by atoms with Gasteiger partial charge in [-0.25, -0.2) is 15.0 Å². The normalized spacial score (nSPS) is 20.2. The number of aliphatic imine (C=N–C) groups is 2. The van der Waals surface area contributed by atoms with E-state index in [1.807, 2.05) is 5.32 Å². The summed E-state index contributed by atoms with van der Waals surface area (Å²) < 4.78 is 81.5. The van der Waals surface area contributed by atoms with Crippen molar-refractivity contribution in [3.05, 3.63) is 64.7 Å². The van der Waals surface area contributed by atoms with E-state index in [0.717, 1.165) is 35.9 Å². The molecule has 2 atom stereocenters. The molecule has 3 aromatic rings. The Kier molecular flexibility index (Phi) is 7.90. The van der Waals surface area contributed by atoms with Crippen LogP contribution in [0.25, 0.3) is 22.4 Å². The molecular weight excluding hydrogens is 610 g/mol. The number of allylic oxidation sites excluding steroid dienone is 2. The standard InChI is InChI=1S/C28H24F6N8O3/c29-27(30,31)14-36-26-35-12-21-24(40-26)42(16-2-4-18(5-3-16)45-28(32,33)34)25(44)23(39-21)15-1-6-19-20(11-15)38-22(37-19)8-10-41-9-7-17(43)13-41/h1-6,11-12,17,20,43H,7-10,13-14H2,(H,35,36,40). The van der Waals surface area contributed by atoms with Crippen molar-refractivity contribution < 1.29 is 36.2 Å². The number of β-amino-alcohol motifs (C(OH)–C–C–N with tert-alkyl or cyclic N) is 1. The van der Waals surface area contributed by atoms with E-state index < -0.39 is 42.4 Å². The maximum Gasteiger partial charge on any atom is 0.573 e. The Morgan fingerprint density at radius 3 is 2.53 bits per heavy atom.